The van der Waals surface area contributed by atoms with Crippen molar-refractivity contribution in [1.82, 2.24) is 15.3 Å². The van der Waals surface area contributed by atoms with Gasteiger partial charge in [0.05, 0.1) is 6.20 Å². The first kappa shape index (κ1) is 11.6. The van der Waals surface area contributed by atoms with Gasteiger partial charge in [0.2, 0.25) is 0 Å². The molecule has 0 spiro atoms. The summed E-state index contributed by atoms with van der Waals surface area (Å²) in [4.78, 5) is 7.99. The Morgan fingerprint density at radius 2 is 2.25 bits per heavy atom. The molecule has 5 heteroatoms. The van der Waals surface area contributed by atoms with Crippen molar-refractivity contribution >= 4 is 17.4 Å². The minimum atomic E-state index is 0.333. The normalized spacial score (nSPS) is 19.4. The summed E-state index contributed by atoms with van der Waals surface area (Å²) in [6.07, 6.45) is 5.49. The van der Waals surface area contributed by atoms with Gasteiger partial charge in [0, 0.05) is 6.54 Å². The molecule has 0 amide bonds. The number of piperidine rings is 1. The summed E-state index contributed by atoms with van der Waals surface area (Å²) in [6.45, 7) is 5.40. The molecule has 0 unspecified atom stereocenters. The van der Waals surface area contributed by atoms with Gasteiger partial charge in [-0.2, -0.15) is 0 Å². The van der Waals surface area contributed by atoms with Crippen molar-refractivity contribution in [3.63, 3.8) is 0 Å². The lowest BCUT2D eigenvalue weighted by Gasteiger charge is -2.34. The number of rotatable bonds is 3. The van der Waals surface area contributed by atoms with Gasteiger partial charge in [-0.3, -0.25) is 0 Å². The topological polar surface area (TPSA) is 49.8 Å². The average Bonchev–Trinajstić information content (AvgIpc) is 2.29. The Morgan fingerprint density at radius 3 is 2.94 bits per heavy atom. The summed E-state index contributed by atoms with van der Waals surface area (Å²) in [5, 5.41) is 7.27. The minimum Gasteiger partial charge on any atom is -0.368 e. The molecule has 2 rings (SSSR count). The average molecular weight is 241 g/mol. The van der Waals surface area contributed by atoms with Crippen LogP contribution in [0.5, 0.6) is 0 Å². The fourth-order valence-corrected chi connectivity index (χ4v) is 2.12. The third-order valence-corrected chi connectivity index (χ3v) is 3.44. The van der Waals surface area contributed by atoms with E-state index in [-0.39, 0.29) is 0 Å². The Hall–Kier alpha value is -0.870. The first-order valence-electron chi connectivity index (χ1n) is 5.60. The third-order valence-electron chi connectivity index (χ3n) is 3.16. The van der Waals surface area contributed by atoms with Crippen molar-refractivity contribution in [2.75, 3.05) is 25.0 Å². The van der Waals surface area contributed by atoms with E-state index in [1.165, 1.54) is 19.2 Å². The quantitative estimate of drug-likeness (QED) is 0.848. The molecule has 1 fully saturated rings. The van der Waals surface area contributed by atoms with Crippen LogP contribution in [0.25, 0.3) is 0 Å². The van der Waals surface area contributed by atoms with Gasteiger partial charge in [0.1, 0.15) is 17.2 Å². The molecular formula is C11H17ClN4. The molecule has 0 radical (unpaired) electrons. The zero-order chi connectivity index (χ0) is 11.4. The molecule has 2 heterocycles. The van der Waals surface area contributed by atoms with Crippen LogP contribution in [-0.4, -0.2) is 29.6 Å². The van der Waals surface area contributed by atoms with E-state index in [2.05, 4.69) is 27.5 Å². The lowest BCUT2D eigenvalue weighted by Crippen LogP contribution is -2.39. The summed E-state index contributed by atoms with van der Waals surface area (Å²) >= 11 is 5.99. The predicted octanol–water partition coefficient (Wildman–Crippen LogP) is 1.93. The Balaban J connectivity index is 1.94. The second-order valence-corrected chi connectivity index (χ2v) is 5.04. The van der Waals surface area contributed by atoms with Crippen molar-refractivity contribution < 1.29 is 0 Å². The van der Waals surface area contributed by atoms with Crippen LogP contribution in [0.4, 0.5) is 5.82 Å². The van der Waals surface area contributed by atoms with E-state index in [1.807, 2.05) is 0 Å². The highest BCUT2D eigenvalue weighted by molar-refractivity contribution is 6.32. The van der Waals surface area contributed by atoms with Crippen LogP contribution in [0.3, 0.4) is 0 Å². The first-order chi connectivity index (χ1) is 7.70. The van der Waals surface area contributed by atoms with E-state index in [4.69, 9.17) is 11.6 Å². The summed E-state index contributed by atoms with van der Waals surface area (Å²) in [5.74, 6) is 0.733. The van der Waals surface area contributed by atoms with E-state index < -0.39 is 0 Å². The van der Waals surface area contributed by atoms with Crippen LogP contribution in [0.15, 0.2) is 12.5 Å². The Kier molecular flexibility index (Phi) is 3.61. The van der Waals surface area contributed by atoms with Crippen LogP contribution < -0.4 is 10.6 Å². The van der Waals surface area contributed by atoms with E-state index >= 15 is 0 Å². The maximum atomic E-state index is 5.99. The van der Waals surface area contributed by atoms with Gasteiger partial charge in [0.25, 0.3) is 0 Å². The zero-order valence-electron chi connectivity index (χ0n) is 9.46. The highest BCUT2D eigenvalue weighted by Crippen LogP contribution is 2.28. The predicted molar refractivity (Wildman–Crippen MR) is 65.7 cm³/mol. The first-order valence-corrected chi connectivity index (χ1v) is 5.98. The summed E-state index contributed by atoms with van der Waals surface area (Å²) in [6, 6.07) is 0. The molecule has 2 N–H and O–H groups in total. The smallest absolute Gasteiger partial charge is 0.148 e. The van der Waals surface area contributed by atoms with Crippen molar-refractivity contribution in [3.8, 4) is 0 Å². The SMILES string of the molecule is CC1(CNc2ncncc2Cl)CCNCC1. The number of halogens is 1. The van der Waals surface area contributed by atoms with Gasteiger partial charge in [-0.25, -0.2) is 9.97 Å². The van der Waals surface area contributed by atoms with E-state index in [9.17, 15) is 0 Å². The Morgan fingerprint density at radius 1 is 1.50 bits per heavy atom. The molecule has 4 nitrogen and oxygen atoms in total. The molecular weight excluding hydrogens is 224 g/mol. The molecule has 1 aliphatic heterocycles. The minimum absolute atomic E-state index is 0.333. The number of hydrogen-bond donors (Lipinski definition) is 2. The van der Waals surface area contributed by atoms with Gasteiger partial charge in [0.15, 0.2) is 0 Å². The standard InChI is InChI=1S/C11H17ClN4/c1-11(2-4-13-5-3-11)7-15-10-9(12)6-14-8-16-10/h6,8,13H,2-5,7H2,1H3,(H,14,15,16). The second-order valence-electron chi connectivity index (χ2n) is 4.63. The van der Waals surface area contributed by atoms with Gasteiger partial charge in [-0.15, -0.1) is 0 Å². The van der Waals surface area contributed by atoms with Gasteiger partial charge < -0.3 is 10.6 Å². The third kappa shape index (κ3) is 2.83. The highest BCUT2D eigenvalue weighted by Gasteiger charge is 2.26. The van der Waals surface area contributed by atoms with Crippen LogP contribution in [-0.2, 0) is 0 Å². The van der Waals surface area contributed by atoms with Crippen LogP contribution in [0, 0.1) is 5.41 Å². The van der Waals surface area contributed by atoms with Crippen LogP contribution in [0.2, 0.25) is 5.02 Å². The molecule has 1 saturated heterocycles. The molecule has 0 aromatic carbocycles. The highest BCUT2D eigenvalue weighted by atomic mass is 35.5. The number of nitrogens with one attached hydrogen (secondary N) is 2. The largest absolute Gasteiger partial charge is 0.368 e. The fourth-order valence-electron chi connectivity index (χ4n) is 1.95. The molecule has 0 atom stereocenters. The maximum absolute atomic E-state index is 5.99. The molecule has 0 aliphatic carbocycles. The van der Waals surface area contributed by atoms with Gasteiger partial charge >= 0.3 is 0 Å². The summed E-state index contributed by atoms with van der Waals surface area (Å²) < 4.78 is 0. The number of anilines is 1. The molecule has 1 aromatic rings. The van der Waals surface area contributed by atoms with Gasteiger partial charge in [-0.1, -0.05) is 18.5 Å². The van der Waals surface area contributed by atoms with Crippen molar-refractivity contribution in [2.45, 2.75) is 19.8 Å². The summed E-state index contributed by atoms with van der Waals surface area (Å²) in [7, 11) is 0. The number of hydrogen-bond acceptors (Lipinski definition) is 4. The zero-order valence-corrected chi connectivity index (χ0v) is 10.2. The molecule has 0 bridgehead atoms. The van der Waals surface area contributed by atoms with Crippen molar-refractivity contribution in [2.24, 2.45) is 5.41 Å². The lowest BCUT2D eigenvalue weighted by molar-refractivity contribution is 0.247. The fraction of sp³-hybridized carbons (Fsp3) is 0.636. The molecule has 16 heavy (non-hydrogen) atoms. The lowest BCUT2D eigenvalue weighted by atomic mass is 9.81. The van der Waals surface area contributed by atoms with Crippen molar-refractivity contribution in [1.29, 1.82) is 0 Å². The van der Waals surface area contributed by atoms with E-state index in [0.717, 1.165) is 25.5 Å². The van der Waals surface area contributed by atoms with Crippen molar-refractivity contribution in [3.05, 3.63) is 17.5 Å². The van der Waals surface area contributed by atoms with E-state index in [0.29, 0.717) is 10.4 Å². The van der Waals surface area contributed by atoms with Crippen LogP contribution >= 0.6 is 11.6 Å². The monoisotopic (exact) mass is 240 g/mol. The molecule has 88 valence electrons. The van der Waals surface area contributed by atoms with E-state index in [1.54, 1.807) is 6.20 Å². The molecule has 1 aliphatic rings. The Labute approximate surface area is 101 Å². The molecule has 0 saturated carbocycles. The number of nitrogens with zero attached hydrogens (tertiary/aromatic N) is 2. The van der Waals surface area contributed by atoms with Crippen LogP contribution in [0.1, 0.15) is 19.8 Å². The molecule has 1 aromatic heterocycles. The maximum Gasteiger partial charge on any atom is 0.148 e. The number of aromatic nitrogens is 2. The second kappa shape index (κ2) is 4.97. The summed E-state index contributed by atoms with van der Waals surface area (Å²) in [5.41, 5.74) is 0.333. The van der Waals surface area contributed by atoms with Gasteiger partial charge in [-0.05, 0) is 31.3 Å². The Bertz CT molecular complexity index is 350.